The van der Waals surface area contributed by atoms with Gasteiger partial charge in [-0.1, -0.05) is 44.5 Å². The summed E-state index contributed by atoms with van der Waals surface area (Å²) in [4.78, 5) is 14.8. The van der Waals surface area contributed by atoms with Crippen molar-refractivity contribution in [2.75, 3.05) is 13.1 Å². The zero-order valence-electron chi connectivity index (χ0n) is 15.9. The average molecular weight is 354 g/mol. The fourth-order valence-corrected chi connectivity index (χ4v) is 3.43. The number of nitrogens with one attached hydrogen (secondary N) is 2. The summed E-state index contributed by atoms with van der Waals surface area (Å²) in [5.41, 5.74) is 3.92. The molecule has 1 aliphatic rings. The first kappa shape index (κ1) is 18.6. The van der Waals surface area contributed by atoms with Gasteiger partial charge in [-0.05, 0) is 55.5 Å². The molecule has 1 fully saturated rings. The molecule has 3 rings (SSSR count). The number of H-pyrrole nitrogens is 1. The van der Waals surface area contributed by atoms with Gasteiger partial charge in [-0.15, -0.1) is 0 Å². The van der Waals surface area contributed by atoms with E-state index >= 15 is 0 Å². The smallest absolute Gasteiger partial charge is 0.272 e. The molecule has 1 amide bonds. The Morgan fingerprint density at radius 1 is 1.15 bits per heavy atom. The fraction of sp³-hybridized carbons (Fsp3) is 0.524. The summed E-state index contributed by atoms with van der Waals surface area (Å²) in [5, 5.41) is 10.0. The lowest BCUT2D eigenvalue weighted by atomic mass is 10.1. The number of benzene rings is 1. The van der Waals surface area contributed by atoms with E-state index in [0.29, 0.717) is 18.2 Å². The van der Waals surface area contributed by atoms with Crippen molar-refractivity contribution in [2.24, 2.45) is 5.92 Å². The van der Waals surface area contributed by atoms with Gasteiger partial charge in [0.1, 0.15) is 5.69 Å². The molecule has 1 aromatic carbocycles. The first-order chi connectivity index (χ1) is 12.6. The minimum Gasteiger partial charge on any atom is -0.347 e. The van der Waals surface area contributed by atoms with E-state index in [0.717, 1.165) is 24.2 Å². The predicted molar refractivity (Wildman–Crippen MR) is 104 cm³/mol. The van der Waals surface area contributed by atoms with Crippen LogP contribution in [0, 0.1) is 5.92 Å². The minimum absolute atomic E-state index is 0.131. The minimum atomic E-state index is -0.131. The van der Waals surface area contributed by atoms with Gasteiger partial charge < -0.3 is 5.32 Å². The molecule has 0 saturated carbocycles. The van der Waals surface area contributed by atoms with E-state index in [9.17, 15) is 4.79 Å². The van der Waals surface area contributed by atoms with E-state index in [2.05, 4.69) is 58.5 Å². The zero-order valence-corrected chi connectivity index (χ0v) is 15.9. The van der Waals surface area contributed by atoms with Crippen molar-refractivity contribution < 1.29 is 4.79 Å². The Balaban J connectivity index is 1.48. The van der Waals surface area contributed by atoms with Gasteiger partial charge in [-0.25, -0.2) is 0 Å². The van der Waals surface area contributed by atoms with Crippen LogP contribution in [-0.2, 0) is 19.5 Å². The molecule has 2 aromatic rings. The number of hydrogen-bond donors (Lipinski definition) is 2. The highest BCUT2D eigenvalue weighted by Gasteiger charge is 2.12. The van der Waals surface area contributed by atoms with Crippen LogP contribution in [0.1, 0.15) is 60.4 Å². The van der Waals surface area contributed by atoms with Crippen molar-refractivity contribution in [1.82, 2.24) is 20.4 Å². The highest BCUT2D eigenvalue weighted by molar-refractivity contribution is 5.92. The van der Waals surface area contributed by atoms with Crippen LogP contribution >= 0.6 is 0 Å². The number of carbonyl (C=O) groups excluding carboxylic acids is 1. The number of carbonyl (C=O) groups is 1. The van der Waals surface area contributed by atoms with Crippen molar-refractivity contribution in [2.45, 2.75) is 52.6 Å². The van der Waals surface area contributed by atoms with E-state index in [-0.39, 0.29) is 5.91 Å². The molecule has 0 spiro atoms. The number of nitrogens with zero attached hydrogens (tertiary/aromatic N) is 2. The Labute approximate surface area is 156 Å². The first-order valence-corrected chi connectivity index (χ1v) is 9.73. The molecular formula is C21H30N4O. The van der Waals surface area contributed by atoms with Gasteiger partial charge in [0, 0.05) is 18.8 Å². The third kappa shape index (κ3) is 5.43. The van der Waals surface area contributed by atoms with Crippen LogP contribution in [0.15, 0.2) is 30.3 Å². The van der Waals surface area contributed by atoms with Gasteiger partial charge in [-0.3, -0.25) is 14.8 Å². The molecule has 5 heteroatoms. The molecule has 5 nitrogen and oxygen atoms in total. The Kier molecular flexibility index (Phi) is 6.45. The number of hydrogen-bond acceptors (Lipinski definition) is 3. The van der Waals surface area contributed by atoms with E-state index < -0.39 is 0 Å². The lowest BCUT2D eigenvalue weighted by Gasteiger charge is -2.26. The quantitative estimate of drug-likeness (QED) is 0.800. The van der Waals surface area contributed by atoms with Crippen molar-refractivity contribution in [3.8, 4) is 0 Å². The standard InChI is InChI=1S/C21H30N4O/c1-16(2)12-19-13-20(24-23-19)21(26)22-14-17-6-8-18(9-7-17)15-25-10-4-3-5-11-25/h6-9,13,16H,3-5,10-12,14-15H2,1-2H3,(H,22,26)(H,23,24). The summed E-state index contributed by atoms with van der Waals surface area (Å²) in [7, 11) is 0. The highest BCUT2D eigenvalue weighted by atomic mass is 16.1. The number of piperidine rings is 1. The van der Waals surface area contributed by atoms with Crippen molar-refractivity contribution >= 4 is 5.91 Å². The summed E-state index contributed by atoms with van der Waals surface area (Å²) in [6.45, 7) is 8.26. The van der Waals surface area contributed by atoms with Crippen LogP contribution in [-0.4, -0.2) is 34.1 Å². The maximum absolute atomic E-state index is 12.2. The van der Waals surface area contributed by atoms with Gasteiger partial charge in [0.25, 0.3) is 5.91 Å². The second-order valence-electron chi connectivity index (χ2n) is 7.71. The Morgan fingerprint density at radius 3 is 2.54 bits per heavy atom. The van der Waals surface area contributed by atoms with Crippen molar-refractivity contribution in [1.29, 1.82) is 0 Å². The van der Waals surface area contributed by atoms with E-state index in [4.69, 9.17) is 0 Å². The molecule has 2 N–H and O–H groups in total. The summed E-state index contributed by atoms with van der Waals surface area (Å²) in [5.74, 6) is 0.406. The molecule has 1 aromatic heterocycles. The average Bonchev–Trinajstić information content (AvgIpc) is 3.09. The zero-order chi connectivity index (χ0) is 18.4. The lowest BCUT2D eigenvalue weighted by Crippen LogP contribution is -2.29. The molecule has 1 aliphatic heterocycles. The van der Waals surface area contributed by atoms with Crippen LogP contribution in [0.5, 0.6) is 0 Å². The van der Waals surface area contributed by atoms with Crippen molar-refractivity contribution in [3.63, 3.8) is 0 Å². The summed E-state index contributed by atoms with van der Waals surface area (Å²) in [6, 6.07) is 10.4. The number of aromatic nitrogens is 2. The molecule has 0 bridgehead atoms. The van der Waals surface area contributed by atoms with Gasteiger partial charge in [0.15, 0.2) is 0 Å². The maximum atomic E-state index is 12.2. The van der Waals surface area contributed by atoms with Crippen molar-refractivity contribution in [3.05, 3.63) is 52.8 Å². The third-order valence-electron chi connectivity index (χ3n) is 4.82. The summed E-state index contributed by atoms with van der Waals surface area (Å²) < 4.78 is 0. The SMILES string of the molecule is CC(C)Cc1cc(C(=O)NCc2ccc(CN3CCCCC3)cc2)n[nH]1. The number of likely N-dealkylation sites (tertiary alicyclic amines) is 1. The van der Waals surface area contributed by atoms with Crippen LogP contribution in [0.2, 0.25) is 0 Å². The Bertz CT molecular complexity index is 699. The first-order valence-electron chi connectivity index (χ1n) is 9.73. The van der Waals surface area contributed by atoms with Gasteiger partial charge >= 0.3 is 0 Å². The van der Waals surface area contributed by atoms with Crippen LogP contribution in [0.4, 0.5) is 0 Å². The highest BCUT2D eigenvalue weighted by Crippen LogP contribution is 2.14. The molecule has 140 valence electrons. The van der Waals surface area contributed by atoms with Crippen LogP contribution in [0.25, 0.3) is 0 Å². The predicted octanol–water partition coefficient (Wildman–Crippen LogP) is 3.52. The largest absolute Gasteiger partial charge is 0.347 e. The molecule has 2 heterocycles. The third-order valence-corrected chi connectivity index (χ3v) is 4.82. The molecule has 1 saturated heterocycles. The van der Waals surface area contributed by atoms with Gasteiger partial charge in [0.05, 0.1) is 0 Å². The number of aromatic amines is 1. The number of amides is 1. The van der Waals surface area contributed by atoms with E-state index in [1.807, 2.05) is 6.07 Å². The lowest BCUT2D eigenvalue weighted by molar-refractivity contribution is 0.0946. The van der Waals surface area contributed by atoms with Crippen LogP contribution < -0.4 is 5.32 Å². The van der Waals surface area contributed by atoms with Gasteiger partial charge in [-0.2, -0.15) is 5.10 Å². The summed E-state index contributed by atoms with van der Waals surface area (Å²) in [6.07, 6.45) is 4.90. The second kappa shape index (κ2) is 8.99. The second-order valence-corrected chi connectivity index (χ2v) is 7.71. The summed E-state index contributed by atoms with van der Waals surface area (Å²) >= 11 is 0. The molecule has 0 aliphatic carbocycles. The molecular weight excluding hydrogens is 324 g/mol. The maximum Gasteiger partial charge on any atom is 0.272 e. The number of rotatable bonds is 7. The molecule has 0 atom stereocenters. The normalized spacial score (nSPS) is 15.3. The molecule has 26 heavy (non-hydrogen) atoms. The van der Waals surface area contributed by atoms with Crippen LogP contribution in [0.3, 0.4) is 0 Å². The van der Waals surface area contributed by atoms with Gasteiger partial charge in [0.2, 0.25) is 0 Å². The Hall–Kier alpha value is -2.14. The van der Waals surface area contributed by atoms with E-state index in [1.54, 1.807) is 0 Å². The molecule has 0 unspecified atom stereocenters. The molecule has 0 radical (unpaired) electrons. The topological polar surface area (TPSA) is 61.0 Å². The van der Waals surface area contributed by atoms with E-state index in [1.165, 1.54) is 37.9 Å². The Morgan fingerprint density at radius 2 is 1.85 bits per heavy atom. The monoisotopic (exact) mass is 354 g/mol. The fourth-order valence-electron chi connectivity index (χ4n) is 3.43.